The molecule has 0 saturated carbocycles. The van der Waals surface area contributed by atoms with Crippen molar-refractivity contribution in [3.63, 3.8) is 0 Å². The molecule has 1 amide bonds. The lowest BCUT2D eigenvalue weighted by molar-refractivity contribution is -0.116. The number of nitrogens with one attached hydrogen (secondary N) is 1. The van der Waals surface area contributed by atoms with Gasteiger partial charge >= 0.3 is 0 Å². The van der Waals surface area contributed by atoms with E-state index in [4.69, 9.17) is 0 Å². The van der Waals surface area contributed by atoms with E-state index in [0.717, 1.165) is 12.1 Å². The molecule has 0 unspecified atom stereocenters. The van der Waals surface area contributed by atoms with Crippen molar-refractivity contribution in [2.24, 2.45) is 10.2 Å². The number of benzene rings is 1. The van der Waals surface area contributed by atoms with Crippen LogP contribution in [0.1, 0.15) is 36.8 Å². The zero-order valence-electron chi connectivity index (χ0n) is 13.2. The molecule has 3 rings (SSSR count). The number of amidine groups is 1. The highest BCUT2D eigenvalue weighted by Gasteiger charge is 2.16. The van der Waals surface area contributed by atoms with Gasteiger partial charge in [0.1, 0.15) is 0 Å². The Labute approximate surface area is 141 Å². The first kappa shape index (κ1) is 16.2. The van der Waals surface area contributed by atoms with Crippen molar-refractivity contribution in [1.29, 1.82) is 0 Å². The second-order valence-corrected chi connectivity index (χ2v) is 6.84. The average Bonchev–Trinajstić information content (AvgIpc) is 2.81. The van der Waals surface area contributed by atoms with E-state index in [1.54, 1.807) is 6.21 Å². The maximum absolute atomic E-state index is 11.1. The molecule has 0 aromatic heterocycles. The van der Waals surface area contributed by atoms with E-state index in [-0.39, 0.29) is 5.91 Å². The summed E-state index contributed by atoms with van der Waals surface area (Å²) in [6.07, 6.45) is 7.06. The number of likely N-dealkylation sites (tertiary alicyclic amines) is 1. The second-order valence-electron chi connectivity index (χ2n) is 5.88. The minimum absolute atomic E-state index is 0.00878. The van der Waals surface area contributed by atoms with E-state index in [1.165, 1.54) is 56.1 Å². The van der Waals surface area contributed by atoms with Gasteiger partial charge in [-0.15, -0.1) is 5.10 Å². The van der Waals surface area contributed by atoms with Crippen LogP contribution in [0.3, 0.4) is 0 Å². The van der Waals surface area contributed by atoms with Gasteiger partial charge in [0.25, 0.3) is 0 Å². The van der Waals surface area contributed by atoms with Gasteiger partial charge in [-0.3, -0.25) is 9.69 Å². The summed E-state index contributed by atoms with van der Waals surface area (Å²) in [5.41, 5.74) is 2.37. The Bertz CT molecular complexity index is 606. The molecule has 1 N–H and O–H groups in total. The molecule has 2 fully saturated rings. The lowest BCUT2D eigenvalue weighted by Gasteiger charge is -2.20. The summed E-state index contributed by atoms with van der Waals surface area (Å²) in [6, 6.07) is 8.32. The zero-order chi connectivity index (χ0) is 15.9. The van der Waals surface area contributed by atoms with Crippen LogP contribution < -0.4 is 5.32 Å². The van der Waals surface area contributed by atoms with E-state index in [9.17, 15) is 4.79 Å². The normalized spacial score (nSPS) is 21.7. The molecule has 0 spiro atoms. The smallest absolute Gasteiger partial charge is 0.236 e. The third-order valence-electron chi connectivity index (χ3n) is 4.08. The fraction of sp³-hybridized carbons (Fsp3) is 0.471. The van der Waals surface area contributed by atoms with Crippen LogP contribution in [-0.4, -0.2) is 41.0 Å². The van der Waals surface area contributed by atoms with Crippen molar-refractivity contribution in [2.75, 3.05) is 18.8 Å². The molecule has 0 aliphatic carbocycles. The molecule has 1 aromatic carbocycles. The van der Waals surface area contributed by atoms with Gasteiger partial charge in [0.2, 0.25) is 5.91 Å². The zero-order valence-corrected chi connectivity index (χ0v) is 14.0. The standard InChI is InChI=1S/C17H22N4OS/c22-16-13-23-17(19-16)20-18-11-14-7-3-4-8-15(14)12-21-9-5-1-2-6-10-21/h3-4,7-8,11H,1-2,5-6,9-10,12-13H2,(H,19,20,22). The highest BCUT2D eigenvalue weighted by Crippen LogP contribution is 2.15. The average molecular weight is 330 g/mol. The Morgan fingerprint density at radius 3 is 2.70 bits per heavy atom. The summed E-state index contributed by atoms with van der Waals surface area (Å²) in [5.74, 6) is 0.422. The van der Waals surface area contributed by atoms with Crippen LogP contribution in [0.25, 0.3) is 0 Å². The van der Waals surface area contributed by atoms with Crippen LogP contribution in [0.15, 0.2) is 34.5 Å². The lowest BCUT2D eigenvalue weighted by Crippen LogP contribution is -2.24. The fourth-order valence-corrected chi connectivity index (χ4v) is 3.49. The molecule has 2 heterocycles. The molecule has 5 nitrogen and oxygen atoms in total. The summed E-state index contributed by atoms with van der Waals surface area (Å²) in [6.45, 7) is 3.32. The van der Waals surface area contributed by atoms with Gasteiger partial charge in [-0.25, -0.2) is 0 Å². The number of rotatable bonds is 4. The van der Waals surface area contributed by atoms with Crippen LogP contribution in [0.5, 0.6) is 0 Å². The quantitative estimate of drug-likeness (QED) is 0.682. The maximum atomic E-state index is 11.1. The molecular weight excluding hydrogens is 308 g/mol. The molecule has 2 saturated heterocycles. The highest BCUT2D eigenvalue weighted by atomic mass is 32.2. The fourth-order valence-electron chi connectivity index (χ4n) is 2.86. The van der Waals surface area contributed by atoms with Crippen LogP contribution in [-0.2, 0) is 11.3 Å². The highest BCUT2D eigenvalue weighted by molar-refractivity contribution is 8.15. The first-order valence-electron chi connectivity index (χ1n) is 8.15. The van der Waals surface area contributed by atoms with Crippen LogP contribution in [0.2, 0.25) is 0 Å². The number of hydrogen-bond acceptors (Lipinski definition) is 5. The number of carbonyl (C=O) groups excluding carboxylic acids is 1. The monoisotopic (exact) mass is 330 g/mol. The molecule has 0 bridgehead atoms. The third kappa shape index (κ3) is 4.91. The van der Waals surface area contributed by atoms with Gasteiger partial charge in [0, 0.05) is 6.54 Å². The Hall–Kier alpha value is -1.66. The summed E-state index contributed by atoms with van der Waals surface area (Å²) in [7, 11) is 0. The Balaban J connectivity index is 1.66. The first-order chi connectivity index (χ1) is 11.3. The van der Waals surface area contributed by atoms with E-state index in [1.807, 2.05) is 6.07 Å². The van der Waals surface area contributed by atoms with Gasteiger partial charge in [-0.2, -0.15) is 5.10 Å². The van der Waals surface area contributed by atoms with E-state index < -0.39 is 0 Å². The van der Waals surface area contributed by atoms with Crippen molar-refractivity contribution < 1.29 is 4.79 Å². The second kappa shape index (κ2) is 8.26. The Morgan fingerprint density at radius 2 is 1.96 bits per heavy atom. The predicted octanol–water partition coefficient (Wildman–Crippen LogP) is 2.62. The van der Waals surface area contributed by atoms with Crippen molar-refractivity contribution in [2.45, 2.75) is 32.2 Å². The van der Waals surface area contributed by atoms with E-state index >= 15 is 0 Å². The molecule has 23 heavy (non-hydrogen) atoms. The van der Waals surface area contributed by atoms with E-state index in [0.29, 0.717) is 10.9 Å². The molecule has 6 heteroatoms. The number of thioether (sulfide) groups is 1. The minimum Gasteiger partial charge on any atom is -0.303 e. The Kier molecular flexibility index (Phi) is 5.82. The van der Waals surface area contributed by atoms with E-state index in [2.05, 4.69) is 38.6 Å². The Morgan fingerprint density at radius 1 is 1.17 bits per heavy atom. The minimum atomic E-state index is -0.00878. The molecule has 1 aromatic rings. The van der Waals surface area contributed by atoms with Gasteiger partial charge in [0.05, 0.1) is 12.0 Å². The number of nitrogens with zero attached hydrogens (tertiary/aromatic N) is 3. The van der Waals surface area contributed by atoms with Crippen molar-refractivity contribution in [3.05, 3.63) is 35.4 Å². The maximum Gasteiger partial charge on any atom is 0.236 e. The molecule has 122 valence electrons. The van der Waals surface area contributed by atoms with Gasteiger partial charge < -0.3 is 5.32 Å². The largest absolute Gasteiger partial charge is 0.303 e. The van der Waals surface area contributed by atoms with Gasteiger partial charge in [0.15, 0.2) is 5.17 Å². The number of carbonyl (C=O) groups is 1. The molecule has 0 atom stereocenters. The third-order valence-corrected chi connectivity index (χ3v) is 4.94. The van der Waals surface area contributed by atoms with Crippen LogP contribution in [0.4, 0.5) is 0 Å². The molecule has 2 aliphatic rings. The molecule has 0 radical (unpaired) electrons. The summed E-state index contributed by atoms with van der Waals surface area (Å²) in [5, 5.41) is 11.5. The van der Waals surface area contributed by atoms with Gasteiger partial charge in [-0.1, -0.05) is 48.9 Å². The predicted molar refractivity (Wildman–Crippen MR) is 95.8 cm³/mol. The van der Waals surface area contributed by atoms with Crippen molar-refractivity contribution >= 4 is 29.1 Å². The summed E-state index contributed by atoms with van der Waals surface area (Å²) >= 11 is 1.39. The van der Waals surface area contributed by atoms with Crippen LogP contribution in [0, 0.1) is 0 Å². The summed E-state index contributed by atoms with van der Waals surface area (Å²) < 4.78 is 0. The lowest BCUT2D eigenvalue weighted by atomic mass is 10.1. The molecular formula is C17H22N4OS. The number of hydrogen-bond donors (Lipinski definition) is 1. The van der Waals surface area contributed by atoms with Gasteiger partial charge in [-0.05, 0) is 37.1 Å². The van der Waals surface area contributed by atoms with Crippen LogP contribution >= 0.6 is 11.8 Å². The topological polar surface area (TPSA) is 57.1 Å². The SMILES string of the molecule is O=C1CSC(=NN=Cc2ccccc2CN2CCCCCC2)N1. The number of amides is 1. The first-order valence-corrected chi connectivity index (χ1v) is 9.14. The molecule has 2 aliphatic heterocycles. The summed E-state index contributed by atoms with van der Waals surface area (Å²) in [4.78, 5) is 13.6. The van der Waals surface area contributed by atoms with Crippen molar-refractivity contribution in [1.82, 2.24) is 10.2 Å². The van der Waals surface area contributed by atoms with Crippen molar-refractivity contribution in [3.8, 4) is 0 Å².